The molecule has 0 aliphatic carbocycles. The molecule has 2 bridgehead atoms. The second kappa shape index (κ2) is 8.59. The normalized spacial score (nSPS) is 22.2. The lowest BCUT2D eigenvalue weighted by Crippen LogP contribution is -2.56. The predicted octanol–water partition coefficient (Wildman–Crippen LogP) is 1.68. The van der Waals surface area contributed by atoms with E-state index in [9.17, 15) is 18.8 Å². The van der Waals surface area contributed by atoms with E-state index in [4.69, 9.17) is 9.47 Å². The Morgan fingerprint density at radius 3 is 2.67 bits per heavy atom. The van der Waals surface area contributed by atoms with E-state index < -0.39 is 23.7 Å². The number of esters is 1. The van der Waals surface area contributed by atoms with Crippen LogP contribution in [0.15, 0.2) is 24.3 Å². The molecule has 9 heteroatoms. The first-order chi connectivity index (χ1) is 14.1. The van der Waals surface area contributed by atoms with Crippen LogP contribution in [0, 0.1) is 5.82 Å². The fraction of sp³-hybridized carbons (Fsp3) is 0.571. The van der Waals surface area contributed by atoms with Crippen LogP contribution in [0.25, 0.3) is 0 Å². The van der Waals surface area contributed by atoms with Crippen molar-refractivity contribution in [3.63, 3.8) is 0 Å². The van der Waals surface area contributed by atoms with Crippen LogP contribution in [0.4, 0.5) is 9.18 Å². The van der Waals surface area contributed by atoms with Crippen molar-refractivity contribution in [2.24, 2.45) is 0 Å². The lowest BCUT2D eigenvalue weighted by Gasteiger charge is -2.35. The number of hydrogen-bond donors (Lipinski definition) is 1. The zero-order valence-electron chi connectivity index (χ0n) is 17.7. The second-order valence-corrected chi connectivity index (χ2v) is 8.68. The average molecular weight is 421 g/mol. The number of piperazine rings is 1. The van der Waals surface area contributed by atoms with Crippen LogP contribution in [0.5, 0.6) is 0 Å². The first-order valence-corrected chi connectivity index (χ1v) is 9.93. The third kappa shape index (κ3) is 5.08. The van der Waals surface area contributed by atoms with E-state index >= 15 is 0 Å². The number of amides is 2. The van der Waals surface area contributed by atoms with Gasteiger partial charge < -0.3 is 19.7 Å². The largest absolute Gasteiger partial charge is 0.467 e. The highest BCUT2D eigenvalue weighted by Gasteiger charge is 2.50. The van der Waals surface area contributed by atoms with E-state index in [1.54, 1.807) is 37.8 Å². The van der Waals surface area contributed by atoms with Crippen LogP contribution in [0.3, 0.4) is 0 Å². The molecule has 0 aromatic heterocycles. The number of hydrogen-bond acceptors (Lipinski definition) is 6. The average Bonchev–Trinajstić information content (AvgIpc) is 3.18. The van der Waals surface area contributed by atoms with Gasteiger partial charge in [0.25, 0.3) is 0 Å². The highest BCUT2D eigenvalue weighted by atomic mass is 19.1. The molecule has 2 aliphatic heterocycles. The van der Waals surface area contributed by atoms with Crippen molar-refractivity contribution < 1.29 is 28.2 Å². The summed E-state index contributed by atoms with van der Waals surface area (Å²) in [6, 6.07) is 4.86. The van der Waals surface area contributed by atoms with Crippen LogP contribution in [0.1, 0.15) is 32.8 Å². The number of likely N-dealkylation sites (tertiary alicyclic amines) is 2. The highest BCUT2D eigenvalue weighted by Crippen LogP contribution is 2.33. The van der Waals surface area contributed by atoms with Crippen molar-refractivity contribution in [1.82, 2.24) is 15.1 Å². The van der Waals surface area contributed by atoms with Gasteiger partial charge >= 0.3 is 12.1 Å². The van der Waals surface area contributed by atoms with Gasteiger partial charge in [0.2, 0.25) is 5.91 Å². The zero-order valence-corrected chi connectivity index (χ0v) is 17.7. The molecule has 0 radical (unpaired) electrons. The second-order valence-electron chi connectivity index (χ2n) is 8.68. The van der Waals surface area contributed by atoms with Gasteiger partial charge in [0.05, 0.1) is 13.2 Å². The van der Waals surface area contributed by atoms with Gasteiger partial charge in [-0.25, -0.2) is 14.0 Å². The molecule has 1 aromatic carbocycles. The van der Waals surface area contributed by atoms with E-state index in [2.05, 4.69) is 5.32 Å². The van der Waals surface area contributed by atoms with Crippen molar-refractivity contribution >= 4 is 18.0 Å². The molecule has 2 amide bonds. The molecule has 0 spiro atoms. The standard InChI is InChI=1S/C21H28FN3O5/c1-21(2,3)30-20(28)23-16(19(27)29-4)12-24-11-15-9-17(24)18(26)25(15)10-13-6-5-7-14(22)8-13/h5-8,15-17H,9-12H2,1-4H3,(H,23,28)/t15-,16-,17-/m0/s1. The Kier molecular flexibility index (Phi) is 6.30. The van der Waals surface area contributed by atoms with Gasteiger partial charge in [-0.05, 0) is 44.9 Å². The van der Waals surface area contributed by atoms with E-state index in [1.807, 2.05) is 4.90 Å². The maximum atomic E-state index is 13.4. The fourth-order valence-electron chi connectivity index (χ4n) is 3.98. The van der Waals surface area contributed by atoms with Crippen molar-refractivity contribution in [2.75, 3.05) is 20.2 Å². The Balaban J connectivity index is 1.62. The quantitative estimate of drug-likeness (QED) is 0.703. The maximum absolute atomic E-state index is 13.4. The Bertz CT molecular complexity index is 825. The number of carbonyl (C=O) groups excluding carboxylic acids is 3. The van der Waals surface area contributed by atoms with Gasteiger partial charge in [-0.3, -0.25) is 9.69 Å². The van der Waals surface area contributed by atoms with Gasteiger partial charge in [-0.2, -0.15) is 0 Å². The number of benzene rings is 1. The van der Waals surface area contributed by atoms with Crippen LogP contribution >= 0.6 is 0 Å². The number of alkyl carbamates (subject to hydrolysis) is 1. The van der Waals surface area contributed by atoms with Crippen LogP contribution in [-0.2, 0) is 25.6 Å². The van der Waals surface area contributed by atoms with Gasteiger partial charge in [0.15, 0.2) is 0 Å². The summed E-state index contributed by atoms with van der Waals surface area (Å²) in [5.74, 6) is -0.996. The maximum Gasteiger partial charge on any atom is 0.408 e. The molecule has 0 unspecified atom stereocenters. The van der Waals surface area contributed by atoms with E-state index in [0.717, 1.165) is 5.56 Å². The molecule has 3 rings (SSSR count). The minimum atomic E-state index is -0.950. The molecule has 0 saturated carbocycles. The van der Waals surface area contributed by atoms with Crippen molar-refractivity contribution in [3.8, 4) is 0 Å². The molecule has 8 nitrogen and oxygen atoms in total. The summed E-state index contributed by atoms with van der Waals surface area (Å²) < 4.78 is 23.5. The van der Waals surface area contributed by atoms with Crippen molar-refractivity contribution in [3.05, 3.63) is 35.6 Å². The third-order valence-electron chi connectivity index (χ3n) is 5.23. The van der Waals surface area contributed by atoms with Crippen LogP contribution in [0.2, 0.25) is 0 Å². The molecule has 2 aliphatic rings. The van der Waals surface area contributed by atoms with Gasteiger partial charge in [-0.15, -0.1) is 0 Å². The fourth-order valence-corrected chi connectivity index (χ4v) is 3.98. The summed E-state index contributed by atoms with van der Waals surface area (Å²) in [7, 11) is 1.24. The summed E-state index contributed by atoms with van der Waals surface area (Å²) in [6.45, 7) is 6.24. The predicted molar refractivity (Wildman–Crippen MR) is 106 cm³/mol. The highest BCUT2D eigenvalue weighted by molar-refractivity contribution is 5.86. The Morgan fingerprint density at radius 1 is 1.33 bits per heavy atom. The summed E-state index contributed by atoms with van der Waals surface area (Å²) >= 11 is 0. The molecule has 2 fully saturated rings. The molecule has 30 heavy (non-hydrogen) atoms. The lowest BCUT2D eigenvalue weighted by molar-refractivity contribution is -0.145. The Labute approximate surface area is 175 Å². The zero-order chi connectivity index (χ0) is 22.1. The number of nitrogens with zero attached hydrogens (tertiary/aromatic N) is 2. The lowest BCUT2D eigenvalue weighted by atomic mass is 10.1. The number of nitrogens with one attached hydrogen (secondary N) is 1. The first kappa shape index (κ1) is 22.0. The van der Waals surface area contributed by atoms with Gasteiger partial charge in [0, 0.05) is 25.7 Å². The molecule has 3 atom stereocenters. The monoisotopic (exact) mass is 421 g/mol. The minimum Gasteiger partial charge on any atom is -0.467 e. The summed E-state index contributed by atoms with van der Waals surface area (Å²) in [4.78, 5) is 40.8. The summed E-state index contributed by atoms with van der Waals surface area (Å²) in [6.07, 6.45) is -0.0876. The Hall–Kier alpha value is -2.68. The third-order valence-corrected chi connectivity index (χ3v) is 5.23. The first-order valence-electron chi connectivity index (χ1n) is 9.93. The van der Waals surface area contributed by atoms with E-state index in [1.165, 1.54) is 19.2 Å². The topological polar surface area (TPSA) is 88.2 Å². The van der Waals surface area contributed by atoms with Crippen LogP contribution in [-0.4, -0.2) is 71.7 Å². The number of halogens is 1. The van der Waals surface area contributed by atoms with Gasteiger partial charge in [-0.1, -0.05) is 12.1 Å². The number of rotatable bonds is 6. The van der Waals surface area contributed by atoms with Crippen LogP contribution < -0.4 is 5.32 Å². The van der Waals surface area contributed by atoms with Crippen molar-refractivity contribution in [1.29, 1.82) is 0 Å². The number of ether oxygens (including phenoxy) is 2. The molecular weight excluding hydrogens is 393 g/mol. The molecular formula is C21H28FN3O5. The SMILES string of the molecule is COC(=O)[C@H](CN1C[C@@H]2C[C@H]1C(=O)N2Cc1cccc(F)c1)NC(=O)OC(C)(C)C. The minimum absolute atomic E-state index is 0.0226. The Morgan fingerprint density at radius 2 is 2.07 bits per heavy atom. The molecule has 1 aromatic rings. The number of carbonyl (C=O) groups is 3. The number of methoxy groups -OCH3 is 1. The summed E-state index contributed by atoms with van der Waals surface area (Å²) in [5.41, 5.74) is 0.0340. The summed E-state index contributed by atoms with van der Waals surface area (Å²) in [5, 5.41) is 2.54. The molecule has 1 N–H and O–H groups in total. The van der Waals surface area contributed by atoms with Gasteiger partial charge in [0.1, 0.15) is 17.5 Å². The molecule has 164 valence electrons. The van der Waals surface area contributed by atoms with E-state index in [0.29, 0.717) is 19.5 Å². The van der Waals surface area contributed by atoms with E-state index in [-0.39, 0.29) is 30.4 Å². The molecule has 2 heterocycles. The number of fused-ring (bicyclic) bond motifs is 2. The van der Waals surface area contributed by atoms with Crippen molar-refractivity contribution in [2.45, 2.75) is 57.5 Å². The molecule has 2 saturated heterocycles. The smallest absolute Gasteiger partial charge is 0.408 e.